The summed E-state index contributed by atoms with van der Waals surface area (Å²) in [5, 5.41) is 6.37. The largest absolute Gasteiger partial charge is 0.320 e. The molecule has 3 aromatic carbocycles. The molecule has 1 amide bonds. The summed E-state index contributed by atoms with van der Waals surface area (Å²) in [6, 6.07) is 24.9. The third kappa shape index (κ3) is 5.07. The fourth-order valence-corrected chi connectivity index (χ4v) is 5.21. The lowest BCUT2D eigenvalue weighted by Crippen LogP contribution is -2.37. The van der Waals surface area contributed by atoms with E-state index in [1.807, 2.05) is 54.6 Å². The number of thiazole rings is 1. The van der Waals surface area contributed by atoms with Crippen LogP contribution in [0, 0.1) is 5.82 Å². The number of hydrogen-bond donors (Lipinski definition) is 2. The summed E-state index contributed by atoms with van der Waals surface area (Å²) in [4.78, 5) is 30.9. The standard InChI is InChI=1S/C29H25FN4O2S/c1-18(31-2)28(35)33-24-15-16-25(20-7-4-3-5-8-20)34(29(24)36)17-26-32-23-10-6-9-22(27(23)37-26)19-11-13-21(30)14-12-19/h3-16,18,31H,17H2,1-2H3,(H,33,35)/t18-/m0/s1. The molecule has 2 heterocycles. The Hall–Kier alpha value is -4.14. The molecule has 1 atom stereocenters. The minimum atomic E-state index is -0.448. The van der Waals surface area contributed by atoms with Crippen LogP contribution in [0.5, 0.6) is 0 Å². The van der Waals surface area contributed by atoms with E-state index in [4.69, 9.17) is 4.98 Å². The topological polar surface area (TPSA) is 76.0 Å². The molecule has 0 bridgehead atoms. The highest BCUT2D eigenvalue weighted by atomic mass is 32.1. The van der Waals surface area contributed by atoms with Crippen LogP contribution in [0.25, 0.3) is 32.6 Å². The molecular formula is C29H25FN4O2S. The Morgan fingerprint density at radius 2 is 1.73 bits per heavy atom. The van der Waals surface area contributed by atoms with E-state index in [0.717, 1.165) is 37.6 Å². The number of likely N-dealkylation sites (N-methyl/N-ethyl adjacent to an activating group) is 1. The number of nitrogens with zero attached hydrogens (tertiary/aromatic N) is 2. The maximum absolute atomic E-state index is 13.6. The van der Waals surface area contributed by atoms with Crippen molar-refractivity contribution in [3.05, 3.63) is 106 Å². The number of hydrogen-bond acceptors (Lipinski definition) is 5. The van der Waals surface area contributed by atoms with Crippen molar-refractivity contribution in [2.75, 3.05) is 12.4 Å². The van der Waals surface area contributed by atoms with Crippen LogP contribution in [0.4, 0.5) is 10.1 Å². The van der Waals surface area contributed by atoms with Crippen LogP contribution in [0.3, 0.4) is 0 Å². The van der Waals surface area contributed by atoms with Crippen molar-refractivity contribution in [1.82, 2.24) is 14.9 Å². The molecule has 0 saturated carbocycles. The number of nitrogens with one attached hydrogen (secondary N) is 2. The summed E-state index contributed by atoms with van der Waals surface area (Å²) in [6.07, 6.45) is 0. The lowest BCUT2D eigenvalue weighted by atomic mass is 10.1. The molecule has 2 N–H and O–H groups in total. The van der Waals surface area contributed by atoms with Crippen LogP contribution in [0.1, 0.15) is 11.9 Å². The highest BCUT2D eigenvalue weighted by Gasteiger charge is 2.18. The Balaban J connectivity index is 1.58. The summed E-state index contributed by atoms with van der Waals surface area (Å²) < 4.78 is 16.1. The Morgan fingerprint density at radius 1 is 0.973 bits per heavy atom. The van der Waals surface area contributed by atoms with E-state index in [9.17, 15) is 14.0 Å². The van der Waals surface area contributed by atoms with E-state index in [1.54, 1.807) is 36.7 Å². The normalized spacial score (nSPS) is 12.0. The van der Waals surface area contributed by atoms with Gasteiger partial charge >= 0.3 is 0 Å². The number of halogens is 1. The highest BCUT2D eigenvalue weighted by molar-refractivity contribution is 7.19. The molecule has 5 rings (SSSR count). The monoisotopic (exact) mass is 512 g/mol. The van der Waals surface area contributed by atoms with Gasteiger partial charge in [-0.05, 0) is 55.4 Å². The van der Waals surface area contributed by atoms with Crippen LogP contribution in [0.15, 0.2) is 89.7 Å². The van der Waals surface area contributed by atoms with Gasteiger partial charge in [0.25, 0.3) is 5.56 Å². The second kappa shape index (κ2) is 10.5. The van der Waals surface area contributed by atoms with E-state index in [0.29, 0.717) is 0 Å². The number of carbonyl (C=O) groups excluding carboxylic acids is 1. The van der Waals surface area contributed by atoms with Crippen LogP contribution >= 0.6 is 11.3 Å². The van der Waals surface area contributed by atoms with E-state index in [-0.39, 0.29) is 29.5 Å². The van der Waals surface area contributed by atoms with Gasteiger partial charge in [0.2, 0.25) is 5.91 Å². The molecule has 0 aliphatic heterocycles. The van der Waals surface area contributed by atoms with Crippen LogP contribution in [-0.2, 0) is 11.3 Å². The predicted molar refractivity (Wildman–Crippen MR) is 147 cm³/mol. The van der Waals surface area contributed by atoms with Crippen molar-refractivity contribution in [2.45, 2.75) is 19.5 Å². The zero-order chi connectivity index (χ0) is 25.9. The Labute approximate surface area is 217 Å². The van der Waals surface area contributed by atoms with Crippen LogP contribution in [-0.4, -0.2) is 28.5 Å². The van der Waals surface area contributed by atoms with Gasteiger partial charge in [0.05, 0.1) is 28.5 Å². The predicted octanol–water partition coefficient (Wildman–Crippen LogP) is 5.53. The molecule has 0 aliphatic carbocycles. The lowest BCUT2D eigenvalue weighted by molar-refractivity contribution is -0.117. The molecule has 0 saturated heterocycles. The fraction of sp³-hybridized carbons (Fsp3) is 0.138. The van der Waals surface area contributed by atoms with Gasteiger partial charge < -0.3 is 10.6 Å². The van der Waals surface area contributed by atoms with Crippen molar-refractivity contribution in [3.8, 4) is 22.4 Å². The van der Waals surface area contributed by atoms with E-state index in [1.165, 1.54) is 23.5 Å². The average molecular weight is 513 g/mol. The molecule has 0 aliphatic rings. The first-order chi connectivity index (χ1) is 17.9. The third-order valence-electron chi connectivity index (χ3n) is 6.24. The van der Waals surface area contributed by atoms with Crippen molar-refractivity contribution < 1.29 is 9.18 Å². The zero-order valence-corrected chi connectivity index (χ0v) is 21.2. The SMILES string of the molecule is CN[C@@H](C)C(=O)Nc1ccc(-c2ccccc2)n(Cc2nc3cccc(-c4ccc(F)cc4)c3s2)c1=O. The maximum Gasteiger partial charge on any atom is 0.275 e. The zero-order valence-electron chi connectivity index (χ0n) is 20.4. The number of amides is 1. The number of rotatable bonds is 7. The minimum Gasteiger partial charge on any atom is -0.320 e. The fourth-order valence-electron chi connectivity index (χ4n) is 4.12. The van der Waals surface area contributed by atoms with E-state index < -0.39 is 6.04 Å². The quantitative estimate of drug-likeness (QED) is 0.301. The molecule has 186 valence electrons. The van der Waals surface area contributed by atoms with Crippen molar-refractivity contribution >= 4 is 33.1 Å². The number of pyridine rings is 1. The van der Waals surface area contributed by atoms with E-state index >= 15 is 0 Å². The number of carbonyl (C=O) groups is 1. The molecule has 0 unspecified atom stereocenters. The summed E-state index contributed by atoms with van der Waals surface area (Å²) in [5.74, 6) is -0.577. The first-order valence-corrected chi connectivity index (χ1v) is 12.7. The molecule has 6 nitrogen and oxygen atoms in total. The van der Waals surface area contributed by atoms with Crippen molar-refractivity contribution in [2.24, 2.45) is 0 Å². The first-order valence-electron chi connectivity index (χ1n) is 11.9. The Kier molecular flexibility index (Phi) is 6.94. The van der Waals surface area contributed by atoms with Crippen molar-refractivity contribution in [3.63, 3.8) is 0 Å². The van der Waals surface area contributed by atoms with E-state index in [2.05, 4.69) is 10.6 Å². The second-order valence-electron chi connectivity index (χ2n) is 8.66. The smallest absolute Gasteiger partial charge is 0.275 e. The summed E-state index contributed by atoms with van der Waals surface area (Å²) in [5.41, 5.74) is 4.17. The molecule has 8 heteroatoms. The van der Waals surface area contributed by atoms with Gasteiger partial charge in [-0.1, -0.05) is 54.6 Å². The van der Waals surface area contributed by atoms with Gasteiger partial charge in [0.1, 0.15) is 16.5 Å². The molecular weight excluding hydrogens is 487 g/mol. The number of aromatic nitrogens is 2. The molecule has 37 heavy (non-hydrogen) atoms. The first kappa shape index (κ1) is 24.5. The molecule has 0 fully saturated rings. The maximum atomic E-state index is 13.6. The van der Waals surface area contributed by atoms with Gasteiger partial charge in [-0.2, -0.15) is 0 Å². The number of benzene rings is 3. The average Bonchev–Trinajstić information content (AvgIpc) is 3.34. The summed E-state index contributed by atoms with van der Waals surface area (Å²) in [6.45, 7) is 1.96. The van der Waals surface area contributed by atoms with Gasteiger partial charge in [-0.15, -0.1) is 11.3 Å². The van der Waals surface area contributed by atoms with Crippen LogP contribution in [0.2, 0.25) is 0 Å². The number of fused-ring (bicyclic) bond motifs is 1. The third-order valence-corrected chi connectivity index (χ3v) is 7.33. The summed E-state index contributed by atoms with van der Waals surface area (Å²) in [7, 11) is 1.69. The van der Waals surface area contributed by atoms with Gasteiger partial charge in [-0.3, -0.25) is 14.2 Å². The molecule has 5 aromatic rings. The number of anilines is 1. The highest BCUT2D eigenvalue weighted by Crippen LogP contribution is 2.34. The Bertz CT molecular complexity index is 1630. The van der Waals surface area contributed by atoms with Crippen LogP contribution < -0.4 is 16.2 Å². The Morgan fingerprint density at radius 3 is 2.46 bits per heavy atom. The molecule has 0 spiro atoms. The van der Waals surface area contributed by atoms with Gasteiger partial charge in [0, 0.05) is 5.56 Å². The van der Waals surface area contributed by atoms with Gasteiger partial charge in [0.15, 0.2) is 0 Å². The lowest BCUT2D eigenvalue weighted by Gasteiger charge is -2.16. The van der Waals surface area contributed by atoms with Crippen molar-refractivity contribution in [1.29, 1.82) is 0 Å². The molecule has 0 radical (unpaired) electrons. The molecule has 2 aromatic heterocycles. The van der Waals surface area contributed by atoms with Gasteiger partial charge in [-0.25, -0.2) is 9.37 Å². The second-order valence-corrected chi connectivity index (χ2v) is 9.74. The summed E-state index contributed by atoms with van der Waals surface area (Å²) >= 11 is 1.50. The minimum absolute atomic E-state index is 0.208.